The summed E-state index contributed by atoms with van der Waals surface area (Å²) in [5.74, 6) is -0.125. The van der Waals surface area contributed by atoms with Crippen LogP contribution >= 0.6 is 23.2 Å². The number of sulfonamides is 1. The summed E-state index contributed by atoms with van der Waals surface area (Å²) in [4.78, 5) is 18.6. The minimum atomic E-state index is -3.69. The summed E-state index contributed by atoms with van der Waals surface area (Å²) in [6.45, 7) is 4.62. The number of likely N-dealkylation sites (tertiary alicyclic amines) is 1. The van der Waals surface area contributed by atoms with E-state index in [4.69, 9.17) is 23.2 Å². The molecular weight excluding hydrogens is 423 g/mol. The van der Waals surface area contributed by atoms with Crippen LogP contribution in [0.4, 0.5) is 0 Å². The minimum Gasteiger partial charge on any atom is -0.356 e. The number of pyridine rings is 1. The zero-order valence-corrected chi connectivity index (χ0v) is 18.1. The van der Waals surface area contributed by atoms with Crippen molar-refractivity contribution in [2.75, 3.05) is 39.3 Å². The second-order valence-electron chi connectivity index (χ2n) is 7.32. The van der Waals surface area contributed by atoms with Crippen molar-refractivity contribution in [3.63, 3.8) is 0 Å². The number of nitrogens with one attached hydrogen (secondary N) is 1. The molecule has 1 N–H and O–H groups in total. The van der Waals surface area contributed by atoms with Gasteiger partial charge < -0.3 is 10.2 Å². The van der Waals surface area contributed by atoms with Gasteiger partial charge in [-0.05, 0) is 57.8 Å². The SMILES string of the molecule is O=C(NCCCN1CCCC1)C1CCN(S(=O)(=O)c2cnc(Cl)c(Cl)c2)CC1. The summed E-state index contributed by atoms with van der Waals surface area (Å²) < 4.78 is 26.9. The van der Waals surface area contributed by atoms with Gasteiger partial charge in [-0.15, -0.1) is 0 Å². The Balaban J connectivity index is 1.45. The topological polar surface area (TPSA) is 82.6 Å². The molecule has 0 aromatic carbocycles. The van der Waals surface area contributed by atoms with Crippen molar-refractivity contribution in [2.24, 2.45) is 5.92 Å². The number of piperidine rings is 1. The molecule has 0 bridgehead atoms. The van der Waals surface area contributed by atoms with Crippen LogP contribution in [0.3, 0.4) is 0 Å². The van der Waals surface area contributed by atoms with Crippen molar-refractivity contribution in [3.8, 4) is 0 Å². The molecule has 1 amide bonds. The number of rotatable bonds is 7. The molecule has 0 atom stereocenters. The zero-order valence-electron chi connectivity index (χ0n) is 15.7. The Bertz CT molecular complexity index is 792. The molecule has 1 aromatic heterocycles. The van der Waals surface area contributed by atoms with E-state index in [0.717, 1.165) is 26.1 Å². The quantitative estimate of drug-likeness (QED) is 0.511. The van der Waals surface area contributed by atoms with Gasteiger partial charge in [-0.1, -0.05) is 23.2 Å². The highest BCUT2D eigenvalue weighted by Crippen LogP contribution is 2.27. The lowest BCUT2D eigenvalue weighted by molar-refractivity contribution is -0.126. The maximum atomic E-state index is 12.7. The molecule has 7 nitrogen and oxygen atoms in total. The lowest BCUT2D eigenvalue weighted by Gasteiger charge is -2.30. The molecule has 0 aliphatic carbocycles. The van der Waals surface area contributed by atoms with Gasteiger partial charge >= 0.3 is 0 Å². The van der Waals surface area contributed by atoms with E-state index in [1.165, 1.54) is 29.4 Å². The van der Waals surface area contributed by atoms with Crippen LogP contribution in [-0.4, -0.2) is 67.8 Å². The smallest absolute Gasteiger partial charge is 0.244 e. The third-order valence-electron chi connectivity index (χ3n) is 5.38. The summed E-state index contributed by atoms with van der Waals surface area (Å²) >= 11 is 11.7. The highest BCUT2D eigenvalue weighted by Gasteiger charge is 2.32. The monoisotopic (exact) mass is 448 g/mol. The Kier molecular flexibility index (Phi) is 7.55. The summed E-state index contributed by atoms with van der Waals surface area (Å²) in [5.41, 5.74) is 0. The second-order valence-corrected chi connectivity index (χ2v) is 10.0. The van der Waals surface area contributed by atoms with E-state index in [1.807, 2.05) is 0 Å². The van der Waals surface area contributed by atoms with Crippen LogP contribution in [0, 0.1) is 5.92 Å². The number of aromatic nitrogens is 1. The van der Waals surface area contributed by atoms with Gasteiger partial charge in [0.2, 0.25) is 15.9 Å². The molecular formula is C18H26Cl2N4O3S. The molecule has 3 rings (SSSR count). The van der Waals surface area contributed by atoms with E-state index in [1.54, 1.807) is 0 Å². The Hall–Kier alpha value is -0.930. The highest BCUT2D eigenvalue weighted by molar-refractivity contribution is 7.89. The van der Waals surface area contributed by atoms with Crippen LogP contribution in [0.25, 0.3) is 0 Å². The predicted molar refractivity (Wildman–Crippen MR) is 109 cm³/mol. The van der Waals surface area contributed by atoms with E-state index < -0.39 is 10.0 Å². The molecule has 156 valence electrons. The molecule has 1 aromatic rings. The Morgan fingerprint density at radius 3 is 2.50 bits per heavy atom. The van der Waals surface area contributed by atoms with Crippen LogP contribution in [0.5, 0.6) is 0 Å². The summed E-state index contributed by atoms with van der Waals surface area (Å²) in [6.07, 6.45) is 5.71. The fourth-order valence-corrected chi connectivity index (χ4v) is 5.49. The van der Waals surface area contributed by atoms with Gasteiger partial charge in [0, 0.05) is 31.7 Å². The Morgan fingerprint density at radius 2 is 1.86 bits per heavy atom. The molecule has 2 aliphatic rings. The molecule has 0 radical (unpaired) electrons. The van der Waals surface area contributed by atoms with Crippen LogP contribution in [0.2, 0.25) is 10.2 Å². The second kappa shape index (κ2) is 9.71. The highest BCUT2D eigenvalue weighted by atomic mass is 35.5. The first-order valence-electron chi connectivity index (χ1n) is 9.69. The Morgan fingerprint density at radius 1 is 1.18 bits per heavy atom. The van der Waals surface area contributed by atoms with Crippen molar-refractivity contribution < 1.29 is 13.2 Å². The maximum Gasteiger partial charge on any atom is 0.244 e. The summed E-state index contributed by atoms with van der Waals surface area (Å²) in [7, 11) is -3.69. The van der Waals surface area contributed by atoms with Crippen LogP contribution in [0.1, 0.15) is 32.1 Å². The van der Waals surface area contributed by atoms with E-state index >= 15 is 0 Å². The van der Waals surface area contributed by atoms with E-state index in [-0.39, 0.29) is 26.9 Å². The van der Waals surface area contributed by atoms with E-state index in [0.29, 0.717) is 32.5 Å². The third-order valence-corrected chi connectivity index (χ3v) is 7.93. The number of amides is 1. The van der Waals surface area contributed by atoms with Gasteiger partial charge in [-0.2, -0.15) is 4.31 Å². The number of hydrogen-bond donors (Lipinski definition) is 1. The van der Waals surface area contributed by atoms with Crippen molar-refractivity contribution >= 4 is 39.1 Å². The van der Waals surface area contributed by atoms with Gasteiger partial charge in [0.15, 0.2) is 0 Å². The number of carbonyl (C=O) groups excluding carboxylic acids is 1. The van der Waals surface area contributed by atoms with Gasteiger partial charge in [0.25, 0.3) is 0 Å². The van der Waals surface area contributed by atoms with Crippen LogP contribution < -0.4 is 5.32 Å². The summed E-state index contributed by atoms with van der Waals surface area (Å²) in [5, 5.41) is 3.17. The zero-order chi connectivity index (χ0) is 20.1. The molecule has 0 saturated carbocycles. The van der Waals surface area contributed by atoms with Gasteiger partial charge in [-0.3, -0.25) is 4.79 Å². The third kappa shape index (κ3) is 5.36. The predicted octanol–water partition coefficient (Wildman–Crippen LogP) is 2.39. The van der Waals surface area contributed by atoms with Gasteiger partial charge in [0.05, 0.1) is 5.02 Å². The molecule has 2 aliphatic heterocycles. The first kappa shape index (κ1) is 21.8. The fourth-order valence-electron chi connectivity index (χ4n) is 3.72. The minimum absolute atomic E-state index is 0.0201. The first-order valence-corrected chi connectivity index (χ1v) is 11.9. The van der Waals surface area contributed by atoms with Crippen molar-refractivity contribution in [2.45, 2.75) is 37.0 Å². The lowest BCUT2D eigenvalue weighted by atomic mass is 9.97. The van der Waals surface area contributed by atoms with Crippen LogP contribution in [-0.2, 0) is 14.8 Å². The number of carbonyl (C=O) groups is 1. The normalized spacial score (nSPS) is 19.8. The number of hydrogen-bond acceptors (Lipinski definition) is 5. The number of halogens is 2. The molecule has 10 heteroatoms. The first-order chi connectivity index (χ1) is 13.4. The van der Waals surface area contributed by atoms with Gasteiger partial charge in [-0.25, -0.2) is 13.4 Å². The molecule has 2 fully saturated rings. The standard InChI is InChI=1S/C18H26Cl2N4O3S/c19-16-12-15(13-22-17(16)20)28(26,27)24-10-4-14(5-11-24)18(25)21-6-3-9-23-7-1-2-8-23/h12-14H,1-11H2,(H,21,25). The molecule has 3 heterocycles. The molecule has 2 saturated heterocycles. The largest absolute Gasteiger partial charge is 0.356 e. The average molecular weight is 449 g/mol. The fraction of sp³-hybridized carbons (Fsp3) is 0.667. The van der Waals surface area contributed by atoms with E-state index in [2.05, 4.69) is 15.2 Å². The Labute approximate surface area is 176 Å². The molecule has 0 spiro atoms. The average Bonchev–Trinajstić information content (AvgIpc) is 3.20. The van der Waals surface area contributed by atoms with Gasteiger partial charge in [0.1, 0.15) is 10.0 Å². The van der Waals surface area contributed by atoms with Crippen molar-refractivity contribution in [3.05, 3.63) is 22.4 Å². The molecule has 28 heavy (non-hydrogen) atoms. The summed E-state index contributed by atoms with van der Waals surface area (Å²) in [6, 6.07) is 1.31. The number of nitrogens with zero attached hydrogens (tertiary/aromatic N) is 3. The van der Waals surface area contributed by atoms with E-state index in [9.17, 15) is 13.2 Å². The van der Waals surface area contributed by atoms with Crippen LogP contribution in [0.15, 0.2) is 17.2 Å². The lowest BCUT2D eigenvalue weighted by Crippen LogP contribution is -2.43. The van der Waals surface area contributed by atoms with Crippen molar-refractivity contribution in [1.82, 2.24) is 19.5 Å². The maximum absolute atomic E-state index is 12.7. The van der Waals surface area contributed by atoms with Crippen molar-refractivity contribution in [1.29, 1.82) is 0 Å². The molecule has 0 unspecified atom stereocenters.